The van der Waals surface area contributed by atoms with Crippen molar-refractivity contribution in [2.45, 2.75) is 46.0 Å². The van der Waals surface area contributed by atoms with Gasteiger partial charge >= 0.3 is 5.97 Å². The first-order chi connectivity index (χ1) is 8.63. The van der Waals surface area contributed by atoms with Gasteiger partial charge in [0.15, 0.2) is 0 Å². The minimum Gasteiger partial charge on any atom is -0.466 e. The Morgan fingerprint density at radius 1 is 1.22 bits per heavy atom. The molecule has 1 unspecified atom stereocenters. The second kappa shape index (κ2) is 11.0. The van der Waals surface area contributed by atoms with Crippen LogP contribution in [0, 0.1) is 5.92 Å². The molecule has 0 heterocycles. The van der Waals surface area contributed by atoms with Crippen LogP contribution in [0.1, 0.15) is 46.0 Å². The highest BCUT2D eigenvalue weighted by Gasteiger charge is 2.11. The molecule has 1 amide bonds. The molecule has 0 saturated heterocycles. The Labute approximate surface area is 109 Å². The van der Waals surface area contributed by atoms with Crippen molar-refractivity contribution in [3.05, 3.63) is 0 Å². The maximum atomic E-state index is 11.5. The first-order valence-corrected chi connectivity index (χ1v) is 6.67. The molecule has 0 radical (unpaired) electrons. The highest BCUT2D eigenvalue weighted by atomic mass is 16.5. The van der Waals surface area contributed by atoms with Gasteiger partial charge < -0.3 is 15.2 Å². The van der Waals surface area contributed by atoms with Crippen LogP contribution in [-0.2, 0) is 14.3 Å². The van der Waals surface area contributed by atoms with Crippen molar-refractivity contribution in [1.29, 1.82) is 0 Å². The summed E-state index contributed by atoms with van der Waals surface area (Å²) in [6.45, 7) is 4.87. The lowest BCUT2D eigenvalue weighted by Crippen LogP contribution is -2.30. The van der Waals surface area contributed by atoms with Crippen LogP contribution < -0.4 is 5.32 Å². The second-order valence-corrected chi connectivity index (χ2v) is 4.28. The molecule has 0 aliphatic heterocycles. The Kier molecular flexibility index (Phi) is 10.3. The van der Waals surface area contributed by atoms with Gasteiger partial charge in [0.1, 0.15) is 0 Å². The monoisotopic (exact) mass is 259 g/mol. The third-order valence-electron chi connectivity index (χ3n) is 2.68. The molecule has 0 aromatic rings. The topological polar surface area (TPSA) is 75.6 Å². The number of rotatable bonds is 10. The Morgan fingerprint density at radius 2 is 1.94 bits per heavy atom. The summed E-state index contributed by atoms with van der Waals surface area (Å²) in [6.07, 6.45) is 3.00. The minimum atomic E-state index is -0.340. The molecule has 0 aliphatic rings. The van der Waals surface area contributed by atoms with Crippen molar-refractivity contribution in [3.8, 4) is 0 Å². The maximum Gasteiger partial charge on any atom is 0.306 e. The van der Waals surface area contributed by atoms with E-state index in [1.54, 1.807) is 6.92 Å². The fourth-order valence-electron chi connectivity index (χ4n) is 1.73. The summed E-state index contributed by atoms with van der Waals surface area (Å²) < 4.78 is 4.74. The predicted molar refractivity (Wildman–Crippen MR) is 69.0 cm³/mol. The summed E-state index contributed by atoms with van der Waals surface area (Å²) in [6, 6.07) is 0. The normalized spacial score (nSPS) is 11.9. The Hall–Kier alpha value is -1.10. The average molecular weight is 259 g/mol. The lowest BCUT2D eigenvalue weighted by molar-refractivity contribution is -0.144. The number of carbonyl (C=O) groups is 2. The van der Waals surface area contributed by atoms with Gasteiger partial charge in [0.05, 0.1) is 13.0 Å². The van der Waals surface area contributed by atoms with Gasteiger partial charge in [-0.1, -0.05) is 13.3 Å². The van der Waals surface area contributed by atoms with Gasteiger partial charge in [-0.15, -0.1) is 0 Å². The number of aliphatic hydroxyl groups excluding tert-OH is 1. The van der Waals surface area contributed by atoms with Crippen molar-refractivity contribution >= 4 is 11.9 Å². The smallest absolute Gasteiger partial charge is 0.306 e. The number of carbonyl (C=O) groups excluding carboxylic acids is 2. The zero-order valence-electron chi connectivity index (χ0n) is 11.4. The molecule has 1 atom stereocenters. The third kappa shape index (κ3) is 8.98. The molecule has 0 aromatic heterocycles. The Balaban J connectivity index is 3.76. The lowest BCUT2D eigenvalue weighted by Gasteiger charge is -2.15. The molecule has 0 fully saturated rings. The van der Waals surface area contributed by atoms with Crippen LogP contribution in [0.5, 0.6) is 0 Å². The van der Waals surface area contributed by atoms with E-state index < -0.39 is 0 Å². The van der Waals surface area contributed by atoms with Crippen molar-refractivity contribution in [2.24, 2.45) is 5.92 Å². The van der Waals surface area contributed by atoms with Crippen LogP contribution in [0.4, 0.5) is 0 Å². The molecule has 0 bridgehead atoms. The first kappa shape index (κ1) is 16.9. The number of amides is 1. The fraction of sp³-hybridized carbons (Fsp3) is 0.846. The van der Waals surface area contributed by atoms with Crippen LogP contribution in [0.15, 0.2) is 0 Å². The van der Waals surface area contributed by atoms with E-state index in [-0.39, 0.29) is 31.3 Å². The lowest BCUT2D eigenvalue weighted by atomic mass is 10.0. The molecule has 0 rings (SSSR count). The molecule has 5 heteroatoms. The number of hydrogen-bond donors (Lipinski definition) is 2. The number of hydrogen-bond acceptors (Lipinski definition) is 4. The standard InChI is InChI=1S/C13H25NO4/c1-3-5-11(8-9-15)10-14-12(16)6-7-13(17)18-4-2/h11,15H,3-10H2,1-2H3,(H,14,16). The minimum absolute atomic E-state index is 0.123. The maximum absolute atomic E-state index is 11.5. The van der Waals surface area contributed by atoms with Crippen LogP contribution in [0.3, 0.4) is 0 Å². The van der Waals surface area contributed by atoms with Crippen molar-refractivity contribution < 1.29 is 19.4 Å². The molecule has 0 spiro atoms. The largest absolute Gasteiger partial charge is 0.466 e. The Bertz CT molecular complexity index is 237. The summed E-state index contributed by atoms with van der Waals surface area (Å²) in [5.41, 5.74) is 0. The van der Waals surface area contributed by atoms with Gasteiger partial charge in [0.25, 0.3) is 0 Å². The predicted octanol–water partition coefficient (Wildman–Crippen LogP) is 1.24. The van der Waals surface area contributed by atoms with Gasteiger partial charge in [-0.25, -0.2) is 0 Å². The molecule has 2 N–H and O–H groups in total. The van der Waals surface area contributed by atoms with Gasteiger partial charge in [-0.05, 0) is 25.7 Å². The molecule has 18 heavy (non-hydrogen) atoms. The molecule has 5 nitrogen and oxygen atoms in total. The molecule has 0 saturated carbocycles. The molecular formula is C13H25NO4. The van der Waals surface area contributed by atoms with Crippen LogP contribution >= 0.6 is 0 Å². The van der Waals surface area contributed by atoms with Gasteiger partial charge in [-0.2, -0.15) is 0 Å². The zero-order valence-corrected chi connectivity index (χ0v) is 11.4. The quantitative estimate of drug-likeness (QED) is 0.579. The number of esters is 1. The van der Waals surface area contributed by atoms with Gasteiger partial charge in [0.2, 0.25) is 5.91 Å². The van der Waals surface area contributed by atoms with E-state index >= 15 is 0 Å². The molecular weight excluding hydrogens is 234 g/mol. The average Bonchev–Trinajstić information content (AvgIpc) is 2.34. The van der Waals surface area contributed by atoms with E-state index in [1.165, 1.54) is 0 Å². The van der Waals surface area contributed by atoms with Crippen molar-refractivity contribution in [3.63, 3.8) is 0 Å². The number of nitrogens with one attached hydrogen (secondary N) is 1. The summed E-state index contributed by atoms with van der Waals surface area (Å²) in [5.74, 6) is -0.165. The van der Waals surface area contributed by atoms with Crippen LogP contribution in [-0.4, -0.2) is 36.7 Å². The highest BCUT2D eigenvalue weighted by Crippen LogP contribution is 2.09. The van der Waals surface area contributed by atoms with E-state index in [1.807, 2.05) is 0 Å². The summed E-state index contributed by atoms with van der Waals surface area (Å²) in [7, 11) is 0. The number of ether oxygens (including phenoxy) is 1. The van der Waals surface area contributed by atoms with E-state index in [0.29, 0.717) is 25.5 Å². The molecule has 0 aliphatic carbocycles. The van der Waals surface area contributed by atoms with Gasteiger partial charge in [0, 0.05) is 19.6 Å². The third-order valence-corrected chi connectivity index (χ3v) is 2.68. The van der Waals surface area contributed by atoms with Crippen LogP contribution in [0.2, 0.25) is 0 Å². The first-order valence-electron chi connectivity index (χ1n) is 6.67. The van der Waals surface area contributed by atoms with Crippen LogP contribution in [0.25, 0.3) is 0 Å². The molecule has 106 valence electrons. The summed E-state index contributed by atoms with van der Waals surface area (Å²) in [4.78, 5) is 22.5. The number of aliphatic hydroxyl groups is 1. The van der Waals surface area contributed by atoms with E-state index in [4.69, 9.17) is 9.84 Å². The fourth-order valence-corrected chi connectivity index (χ4v) is 1.73. The van der Waals surface area contributed by atoms with Crippen molar-refractivity contribution in [2.75, 3.05) is 19.8 Å². The van der Waals surface area contributed by atoms with E-state index in [0.717, 1.165) is 12.8 Å². The summed E-state index contributed by atoms with van der Waals surface area (Å²) in [5, 5.41) is 11.7. The van der Waals surface area contributed by atoms with Gasteiger partial charge in [-0.3, -0.25) is 9.59 Å². The Morgan fingerprint density at radius 3 is 2.50 bits per heavy atom. The van der Waals surface area contributed by atoms with E-state index in [9.17, 15) is 9.59 Å². The summed E-state index contributed by atoms with van der Waals surface area (Å²) >= 11 is 0. The van der Waals surface area contributed by atoms with E-state index in [2.05, 4.69) is 12.2 Å². The highest BCUT2D eigenvalue weighted by molar-refractivity contribution is 5.81. The second-order valence-electron chi connectivity index (χ2n) is 4.28. The molecule has 0 aromatic carbocycles. The zero-order chi connectivity index (χ0) is 13.8. The van der Waals surface area contributed by atoms with Crippen molar-refractivity contribution in [1.82, 2.24) is 5.32 Å². The SMILES string of the molecule is CCCC(CCO)CNC(=O)CCC(=O)OCC.